The second-order valence-corrected chi connectivity index (χ2v) is 7.15. The summed E-state index contributed by atoms with van der Waals surface area (Å²) in [5.41, 5.74) is 8.16. The van der Waals surface area contributed by atoms with Crippen LogP contribution >= 0.6 is 0 Å². The molecule has 0 bridgehead atoms. The van der Waals surface area contributed by atoms with E-state index in [1.807, 2.05) is 23.1 Å². The van der Waals surface area contributed by atoms with Gasteiger partial charge in [-0.2, -0.15) is 0 Å². The first-order valence-corrected chi connectivity index (χ1v) is 9.50. The minimum absolute atomic E-state index is 0.0161. The molecule has 2 unspecified atom stereocenters. The van der Waals surface area contributed by atoms with Crippen molar-refractivity contribution in [2.45, 2.75) is 45.1 Å². The van der Waals surface area contributed by atoms with Gasteiger partial charge in [-0.3, -0.25) is 14.8 Å². The van der Waals surface area contributed by atoms with E-state index in [9.17, 15) is 14.8 Å². The van der Waals surface area contributed by atoms with Gasteiger partial charge in [0.15, 0.2) is 0 Å². The molecule has 146 valence electrons. The van der Waals surface area contributed by atoms with Crippen molar-refractivity contribution in [3.8, 4) is 0 Å². The summed E-state index contributed by atoms with van der Waals surface area (Å²) in [6, 6.07) is 5.39. The number of benzene rings is 1. The number of hydrogen-bond donors (Lipinski definition) is 3. The lowest BCUT2D eigenvalue weighted by Crippen LogP contribution is -2.40. The summed E-state index contributed by atoms with van der Waals surface area (Å²) in [6.45, 7) is 2.72. The lowest BCUT2D eigenvalue weighted by molar-refractivity contribution is -0.157. The Bertz CT molecular complexity index is 806. The Morgan fingerprint density at radius 3 is 3.11 bits per heavy atom. The van der Waals surface area contributed by atoms with E-state index in [0.29, 0.717) is 30.1 Å². The number of unbranched alkanes of at least 4 members (excludes halogenated alkanes) is 1. The normalized spacial score (nSPS) is 18.0. The Labute approximate surface area is 158 Å². The number of nitrogens with one attached hydrogen (secondary N) is 1. The van der Waals surface area contributed by atoms with Crippen LogP contribution in [0.25, 0.3) is 11.0 Å². The van der Waals surface area contributed by atoms with Crippen LogP contribution in [0.2, 0.25) is 0 Å². The van der Waals surface area contributed by atoms with E-state index in [2.05, 4.69) is 16.9 Å². The van der Waals surface area contributed by atoms with E-state index < -0.39 is 5.92 Å². The highest BCUT2D eigenvalue weighted by Crippen LogP contribution is 2.33. The Morgan fingerprint density at radius 1 is 1.56 bits per heavy atom. The Hall–Kier alpha value is -2.61. The minimum atomic E-state index is -0.416. The first kappa shape index (κ1) is 19.2. The van der Waals surface area contributed by atoms with Gasteiger partial charge in [0.05, 0.1) is 29.5 Å². The fourth-order valence-corrected chi connectivity index (χ4v) is 3.76. The number of fused-ring (bicyclic) bond motifs is 1. The fourth-order valence-electron chi connectivity index (χ4n) is 3.76. The molecule has 0 aliphatic carbocycles. The second-order valence-electron chi connectivity index (χ2n) is 7.15. The van der Waals surface area contributed by atoms with Crippen molar-refractivity contribution in [2.75, 3.05) is 18.8 Å². The van der Waals surface area contributed by atoms with Gasteiger partial charge in [0.1, 0.15) is 5.82 Å². The maximum Gasteiger partial charge on any atom is 0.233 e. The predicted octanol–water partition coefficient (Wildman–Crippen LogP) is 2.46. The highest BCUT2D eigenvalue weighted by Gasteiger charge is 2.35. The van der Waals surface area contributed by atoms with Gasteiger partial charge in [0, 0.05) is 12.2 Å². The molecular weight excluding hydrogens is 346 g/mol. The van der Waals surface area contributed by atoms with Gasteiger partial charge in [0.2, 0.25) is 12.3 Å². The molecule has 1 aliphatic rings. The number of carbonyl (C=O) groups excluding carboxylic acids is 2. The Balaban J connectivity index is 1.81. The first-order valence-electron chi connectivity index (χ1n) is 9.50. The van der Waals surface area contributed by atoms with Gasteiger partial charge in [0.25, 0.3) is 0 Å². The first-order chi connectivity index (χ1) is 13.0. The summed E-state index contributed by atoms with van der Waals surface area (Å²) in [4.78, 5) is 33.7. The third-order valence-electron chi connectivity index (χ3n) is 5.16. The van der Waals surface area contributed by atoms with Crippen LogP contribution in [0.4, 0.5) is 5.69 Å². The zero-order valence-electron chi connectivity index (χ0n) is 15.6. The number of anilines is 1. The molecule has 1 saturated heterocycles. The number of likely N-dealkylation sites (tertiary alicyclic amines) is 1. The van der Waals surface area contributed by atoms with Crippen LogP contribution in [0, 0.1) is 5.92 Å². The molecule has 8 heteroatoms. The number of hydroxylamine groups is 2. The number of amides is 2. The number of aromatic nitrogens is 2. The molecule has 1 aromatic heterocycles. The molecule has 1 fully saturated rings. The monoisotopic (exact) mass is 373 g/mol. The van der Waals surface area contributed by atoms with Gasteiger partial charge >= 0.3 is 0 Å². The lowest BCUT2D eigenvalue weighted by atomic mass is 9.99. The number of rotatable bonds is 8. The summed E-state index contributed by atoms with van der Waals surface area (Å²) in [5, 5.41) is 10.2. The third-order valence-corrected chi connectivity index (χ3v) is 5.16. The average molecular weight is 373 g/mol. The molecule has 2 amide bonds. The van der Waals surface area contributed by atoms with E-state index in [1.54, 1.807) is 0 Å². The highest BCUT2D eigenvalue weighted by atomic mass is 16.5. The quantitative estimate of drug-likeness (QED) is 0.284. The molecule has 2 heterocycles. The van der Waals surface area contributed by atoms with Crippen molar-refractivity contribution in [1.29, 1.82) is 0 Å². The van der Waals surface area contributed by atoms with Crippen LogP contribution in [-0.4, -0.2) is 50.5 Å². The van der Waals surface area contributed by atoms with E-state index >= 15 is 0 Å². The zero-order chi connectivity index (χ0) is 19.4. The summed E-state index contributed by atoms with van der Waals surface area (Å²) < 4.78 is 0. The number of nitrogens with two attached hydrogens (primary N) is 1. The molecule has 27 heavy (non-hydrogen) atoms. The number of hydrogen-bond acceptors (Lipinski definition) is 5. The van der Waals surface area contributed by atoms with Crippen LogP contribution < -0.4 is 5.73 Å². The van der Waals surface area contributed by atoms with Crippen LogP contribution in [0.15, 0.2) is 18.2 Å². The number of aromatic amines is 1. The number of imidazole rings is 1. The number of carbonyl (C=O) groups is 2. The minimum Gasteiger partial charge on any atom is -0.399 e. The van der Waals surface area contributed by atoms with Gasteiger partial charge in [-0.1, -0.05) is 19.8 Å². The molecule has 3 rings (SSSR count). The molecule has 2 atom stereocenters. The van der Waals surface area contributed by atoms with Gasteiger partial charge < -0.3 is 15.6 Å². The molecule has 0 saturated carbocycles. The maximum absolute atomic E-state index is 13.2. The average Bonchev–Trinajstić information content (AvgIpc) is 3.30. The third kappa shape index (κ3) is 4.21. The molecular formula is C19H27N5O3. The van der Waals surface area contributed by atoms with Crippen molar-refractivity contribution < 1.29 is 14.8 Å². The van der Waals surface area contributed by atoms with Crippen LogP contribution in [0.5, 0.6) is 0 Å². The molecule has 2 aromatic rings. The summed E-state index contributed by atoms with van der Waals surface area (Å²) in [5.74, 6) is 0.305. The molecule has 4 N–H and O–H groups in total. The van der Waals surface area contributed by atoms with Gasteiger partial charge in [-0.05, 0) is 37.5 Å². The standard InChI is InChI=1S/C19H27N5O3/c1-2-3-5-13(11-23(27)12-25)19(26)24-9-4-6-17(24)18-21-15-8-7-14(20)10-16(15)22-18/h7-8,10,12-13,17,27H,2-6,9,11,20H2,1H3,(H,21,22). The summed E-state index contributed by atoms with van der Waals surface area (Å²) in [6.07, 6.45) is 4.53. The van der Waals surface area contributed by atoms with E-state index in [4.69, 9.17) is 5.73 Å². The molecule has 8 nitrogen and oxygen atoms in total. The summed E-state index contributed by atoms with van der Waals surface area (Å²) >= 11 is 0. The van der Waals surface area contributed by atoms with Crippen LogP contribution in [-0.2, 0) is 9.59 Å². The van der Waals surface area contributed by atoms with Crippen molar-refractivity contribution in [2.24, 2.45) is 5.92 Å². The second kappa shape index (κ2) is 8.39. The number of H-pyrrole nitrogens is 1. The Kier molecular flexibility index (Phi) is 5.95. The van der Waals surface area contributed by atoms with E-state index in [-0.39, 0.29) is 18.5 Å². The van der Waals surface area contributed by atoms with Crippen molar-refractivity contribution >= 4 is 29.0 Å². The smallest absolute Gasteiger partial charge is 0.233 e. The zero-order valence-corrected chi connectivity index (χ0v) is 15.6. The van der Waals surface area contributed by atoms with Gasteiger partial charge in [-0.15, -0.1) is 0 Å². The molecule has 1 aromatic carbocycles. The van der Waals surface area contributed by atoms with E-state index in [1.165, 1.54) is 0 Å². The largest absolute Gasteiger partial charge is 0.399 e. The van der Waals surface area contributed by atoms with Crippen molar-refractivity contribution in [3.05, 3.63) is 24.0 Å². The molecule has 1 aliphatic heterocycles. The molecule has 0 spiro atoms. The summed E-state index contributed by atoms with van der Waals surface area (Å²) in [7, 11) is 0. The maximum atomic E-state index is 13.2. The Morgan fingerprint density at radius 2 is 2.37 bits per heavy atom. The lowest BCUT2D eigenvalue weighted by Gasteiger charge is -2.29. The fraction of sp³-hybridized carbons (Fsp3) is 0.526. The van der Waals surface area contributed by atoms with Crippen molar-refractivity contribution in [1.82, 2.24) is 19.9 Å². The predicted molar refractivity (Wildman–Crippen MR) is 102 cm³/mol. The van der Waals surface area contributed by atoms with Crippen LogP contribution in [0.3, 0.4) is 0 Å². The van der Waals surface area contributed by atoms with Crippen molar-refractivity contribution in [3.63, 3.8) is 0 Å². The van der Waals surface area contributed by atoms with Gasteiger partial charge in [-0.25, -0.2) is 10.0 Å². The molecule has 0 radical (unpaired) electrons. The number of nitrogens with zero attached hydrogens (tertiary/aromatic N) is 3. The SMILES string of the molecule is CCCCC(CN(O)C=O)C(=O)N1CCCC1c1nc2cc(N)ccc2[nH]1. The van der Waals surface area contributed by atoms with E-state index in [0.717, 1.165) is 42.5 Å². The number of nitrogen functional groups attached to an aromatic ring is 1. The highest BCUT2D eigenvalue weighted by molar-refractivity contribution is 5.81. The van der Waals surface area contributed by atoms with Crippen LogP contribution in [0.1, 0.15) is 50.9 Å². The topological polar surface area (TPSA) is 116 Å².